The molecule has 1 rings (SSSR count). The van der Waals surface area contributed by atoms with E-state index in [9.17, 15) is 9.90 Å². The monoisotopic (exact) mass is 265 g/mol. The van der Waals surface area contributed by atoms with E-state index < -0.39 is 12.2 Å². The average molecular weight is 265 g/mol. The Morgan fingerprint density at radius 3 is 2.47 bits per heavy atom. The Labute approximate surface area is 114 Å². The van der Waals surface area contributed by atoms with Crippen molar-refractivity contribution in [2.45, 2.75) is 39.4 Å². The number of para-hydroxylation sites is 1. The van der Waals surface area contributed by atoms with Crippen LogP contribution in [-0.4, -0.2) is 29.8 Å². The van der Waals surface area contributed by atoms with Gasteiger partial charge in [-0.3, -0.25) is 4.79 Å². The van der Waals surface area contributed by atoms with E-state index in [1.807, 2.05) is 51.1 Å². The third kappa shape index (κ3) is 5.30. The third-order valence-corrected chi connectivity index (χ3v) is 2.94. The SMILES string of the molecule is CCC(Oc1ccccc1)C(=O)NCC(O)C(C)C. The molecule has 1 aromatic rings. The topological polar surface area (TPSA) is 58.6 Å². The first-order chi connectivity index (χ1) is 9.04. The second kappa shape index (κ2) is 7.79. The van der Waals surface area contributed by atoms with E-state index in [1.165, 1.54) is 0 Å². The van der Waals surface area contributed by atoms with Crippen LogP contribution in [0.25, 0.3) is 0 Å². The van der Waals surface area contributed by atoms with Crippen LogP contribution in [0.1, 0.15) is 27.2 Å². The van der Waals surface area contributed by atoms with Gasteiger partial charge in [-0.25, -0.2) is 0 Å². The summed E-state index contributed by atoms with van der Waals surface area (Å²) in [7, 11) is 0. The molecule has 0 bridgehead atoms. The minimum absolute atomic E-state index is 0.121. The zero-order valence-corrected chi connectivity index (χ0v) is 11.8. The summed E-state index contributed by atoms with van der Waals surface area (Å²) in [5.41, 5.74) is 0. The Kier molecular flexibility index (Phi) is 6.36. The van der Waals surface area contributed by atoms with Crippen molar-refractivity contribution < 1.29 is 14.6 Å². The molecule has 2 N–H and O–H groups in total. The molecule has 0 fully saturated rings. The Morgan fingerprint density at radius 1 is 1.32 bits per heavy atom. The summed E-state index contributed by atoms with van der Waals surface area (Å²) >= 11 is 0. The van der Waals surface area contributed by atoms with Crippen molar-refractivity contribution in [3.05, 3.63) is 30.3 Å². The average Bonchev–Trinajstić information content (AvgIpc) is 2.42. The van der Waals surface area contributed by atoms with Crippen LogP contribution in [0.3, 0.4) is 0 Å². The molecular formula is C15H23NO3. The van der Waals surface area contributed by atoms with E-state index in [1.54, 1.807) is 0 Å². The molecule has 4 nitrogen and oxygen atoms in total. The molecular weight excluding hydrogens is 242 g/mol. The van der Waals surface area contributed by atoms with Gasteiger partial charge in [0.05, 0.1) is 6.10 Å². The summed E-state index contributed by atoms with van der Waals surface area (Å²) in [6.45, 7) is 5.97. The van der Waals surface area contributed by atoms with Crippen LogP contribution >= 0.6 is 0 Å². The number of ether oxygens (including phenoxy) is 1. The predicted octanol–water partition coefficient (Wildman–Crippen LogP) is 1.98. The molecule has 106 valence electrons. The van der Waals surface area contributed by atoms with Crippen molar-refractivity contribution in [2.75, 3.05) is 6.54 Å². The lowest BCUT2D eigenvalue weighted by atomic mass is 10.1. The predicted molar refractivity (Wildman–Crippen MR) is 75.0 cm³/mol. The number of amides is 1. The maximum atomic E-state index is 12.0. The van der Waals surface area contributed by atoms with Gasteiger partial charge in [0, 0.05) is 6.54 Å². The lowest BCUT2D eigenvalue weighted by Crippen LogP contribution is -2.42. The molecule has 4 heteroatoms. The normalized spacial score (nSPS) is 13.9. The number of benzene rings is 1. The number of carbonyl (C=O) groups excluding carboxylic acids is 1. The van der Waals surface area contributed by atoms with Crippen LogP contribution in [0.5, 0.6) is 5.75 Å². The van der Waals surface area contributed by atoms with Gasteiger partial charge >= 0.3 is 0 Å². The number of carbonyl (C=O) groups is 1. The van der Waals surface area contributed by atoms with Crippen molar-refractivity contribution in [1.82, 2.24) is 5.32 Å². The first kappa shape index (κ1) is 15.5. The van der Waals surface area contributed by atoms with Crippen molar-refractivity contribution in [2.24, 2.45) is 5.92 Å². The number of hydrogen-bond acceptors (Lipinski definition) is 3. The minimum atomic E-state index is -0.529. The molecule has 0 aromatic heterocycles. The Balaban J connectivity index is 2.48. The van der Waals surface area contributed by atoms with Crippen molar-refractivity contribution in [3.63, 3.8) is 0 Å². The molecule has 1 aromatic carbocycles. The first-order valence-corrected chi connectivity index (χ1v) is 6.72. The van der Waals surface area contributed by atoms with Crippen LogP contribution in [0.2, 0.25) is 0 Å². The zero-order chi connectivity index (χ0) is 14.3. The standard InChI is InChI=1S/C15H23NO3/c1-4-14(19-12-8-6-5-7-9-12)15(18)16-10-13(17)11(2)3/h5-9,11,13-14,17H,4,10H2,1-3H3,(H,16,18). The van der Waals surface area contributed by atoms with Crippen molar-refractivity contribution in [3.8, 4) is 5.75 Å². The molecule has 0 saturated heterocycles. The van der Waals surface area contributed by atoms with Crippen molar-refractivity contribution in [1.29, 1.82) is 0 Å². The molecule has 2 atom stereocenters. The van der Waals surface area contributed by atoms with Crippen LogP contribution in [0.4, 0.5) is 0 Å². The van der Waals surface area contributed by atoms with E-state index in [0.29, 0.717) is 12.2 Å². The quantitative estimate of drug-likeness (QED) is 0.792. The number of aliphatic hydroxyl groups excluding tert-OH is 1. The smallest absolute Gasteiger partial charge is 0.261 e. The molecule has 2 unspecified atom stereocenters. The molecule has 19 heavy (non-hydrogen) atoms. The van der Waals surface area contributed by atoms with Gasteiger partial charge < -0.3 is 15.2 Å². The van der Waals surface area contributed by atoms with Gasteiger partial charge in [-0.05, 0) is 24.5 Å². The summed E-state index contributed by atoms with van der Waals surface area (Å²) in [6.07, 6.45) is -0.474. The fraction of sp³-hybridized carbons (Fsp3) is 0.533. The third-order valence-electron chi connectivity index (χ3n) is 2.94. The largest absolute Gasteiger partial charge is 0.481 e. The highest BCUT2D eigenvalue weighted by atomic mass is 16.5. The molecule has 0 aliphatic carbocycles. The fourth-order valence-corrected chi connectivity index (χ4v) is 1.54. The van der Waals surface area contributed by atoms with Crippen LogP contribution in [-0.2, 0) is 4.79 Å². The van der Waals surface area contributed by atoms with E-state index >= 15 is 0 Å². The highest BCUT2D eigenvalue weighted by Gasteiger charge is 2.19. The summed E-state index contributed by atoms with van der Waals surface area (Å²) in [6, 6.07) is 9.26. The highest BCUT2D eigenvalue weighted by Crippen LogP contribution is 2.12. The maximum Gasteiger partial charge on any atom is 0.261 e. The molecule has 1 amide bonds. The minimum Gasteiger partial charge on any atom is -0.481 e. The first-order valence-electron chi connectivity index (χ1n) is 6.72. The molecule has 0 aliphatic heterocycles. The van der Waals surface area contributed by atoms with Gasteiger partial charge in [0.2, 0.25) is 0 Å². The number of nitrogens with one attached hydrogen (secondary N) is 1. The van der Waals surface area contributed by atoms with Gasteiger partial charge in [0.15, 0.2) is 6.10 Å². The second-order valence-corrected chi connectivity index (χ2v) is 4.88. The van der Waals surface area contributed by atoms with E-state index in [-0.39, 0.29) is 18.4 Å². The highest BCUT2D eigenvalue weighted by molar-refractivity contribution is 5.81. The Morgan fingerprint density at radius 2 is 1.95 bits per heavy atom. The van der Waals surface area contributed by atoms with E-state index in [0.717, 1.165) is 0 Å². The van der Waals surface area contributed by atoms with Gasteiger partial charge in [-0.1, -0.05) is 39.0 Å². The zero-order valence-electron chi connectivity index (χ0n) is 11.8. The van der Waals surface area contributed by atoms with Crippen LogP contribution in [0, 0.1) is 5.92 Å². The van der Waals surface area contributed by atoms with E-state index in [4.69, 9.17) is 4.74 Å². The van der Waals surface area contributed by atoms with Crippen LogP contribution < -0.4 is 10.1 Å². The number of hydrogen-bond donors (Lipinski definition) is 2. The van der Waals surface area contributed by atoms with Gasteiger partial charge in [-0.2, -0.15) is 0 Å². The Bertz CT molecular complexity index is 378. The number of aliphatic hydroxyl groups is 1. The Hall–Kier alpha value is -1.55. The summed E-state index contributed by atoms with van der Waals surface area (Å²) < 4.78 is 5.62. The lowest BCUT2D eigenvalue weighted by molar-refractivity contribution is -0.128. The van der Waals surface area contributed by atoms with Gasteiger partial charge in [0.25, 0.3) is 5.91 Å². The van der Waals surface area contributed by atoms with Crippen molar-refractivity contribution >= 4 is 5.91 Å². The number of rotatable bonds is 7. The molecule has 0 spiro atoms. The molecule has 0 aliphatic rings. The lowest BCUT2D eigenvalue weighted by Gasteiger charge is -2.20. The molecule has 0 heterocycles. The summed E-state index contributed by atoms with van der Waals surface area (Å²) in [5.74, 6) is 0.607. The van der Waals surface area contributed by atoms with Gasteiger partial charge in [0.1, 0.15) is 5.75 Å². The van der Waals surface area contributed by atoms with E-state index in [2.05, 4.69) is 5.32 Å². The summed E-state index contributed by atoms with van der Waals surface area (Å²) in [4.78, 5) is 12.0. The molecule has 0 radical (unpaired) electrons. The van der Waals surface area contributed by atoms with Gasteiger partial charge in [-0.15, -0.1) is 0 Å². The second-order valence-electron chi connectivity index (χ2n) is 4.88. The van der Waals surface area contributed by atoms with Crippen LogP contribution in [0.15, 0.2) is 30.3 Å². The maximum absolute atomic E-state index is 12.0. The summed E-state index contributed by atoms with van der Waals surface area (Å²) in [5, 5.41) is 12.4. The molecule has 0 saturated carbocycles. The fourth-order valence-electron chi connectivity index (χ4n) is 1.54.